The van der Waals surface area contributed by atoms with E-state index in [1.165, 1.54) is 24.9 Å². The third-order valence-corrected chi connectivity index (χ3v) is 6.28. The minimum absolute atomic E-state index is 0.0957. The van der Waals surface area contributed by atoms with E-state index in [4.69, 9.17) is 0 Å². The highest BCUT2D eigenvalue weighted by molar-refractivity contribution is 7.89. The molecule has 0 amide bonds. The van der Waals surface area contributed by atoms with Gasteiger partial charge in [-0.1, -0.05) is 12.8 Å². The Morgan fingerprint density at radius 2 is 2.00 bits per heavy atom. The first-order valence-corrected chi connectivity index (χ1v) is 8.23. The number of aromatic amines is 1. The molecular formula is C13H18N2O3S. The zero-order valence-corrected chi connectivity index (χ0v) is 11.5. The number of nitrogens with one attached hydrogen (secondary N) is 1. The van der Waals surface area contributed by atoms with Crippen LogP contribution in [0.3, 0.4) is 0 Å². The molecule has 2 aliphatic rings. The topological polar surface area (TPSA) is 70.2 Å². The van der Waals surface area contributed by atoms with Crippen molar-refractivity contribution < 1.29 is 8.42 Å². The standard InChI is InChI=1S/C13H18N2O3S/c16-12-5-7-14-9-13(12)19(17,18)15-8-6-10-3-1-2-4-11(10)15/h5,7,9-11H,1-4,6,8H2,(H,14,16). The van der Waals surface area contributed by atoms with Crippen LogP contribution in [-0.4, -0.2) is 30.3 Å². The minimum atomic E-state index is -3.65. The summed E-state index contributed by atoms with van der Waals surface area (Å²) in [5, 5.41) is 0. The molecule has 0 spiro atoms. The lowest BCUT2D eigenvalue weighted by atomic mass is 9.86. The van der Waals surface area contributed by atoms with Crippen molar-refractivity contribution >= 4 is 10.0 Å². The molecule has 0 radical (unpaired) electrons. The van der Waals surface area contributed by atoms with Crippen LogP contribution in [0.1, 0.15) is 32.1 Å². The van der Waals surface area contributed by atoms with Gasteiger partial charge in [-0.3, -0.25) is 4.79 Å². The van der Waals surface area contributed by atoms with Crippen molar-refractivity contribution in [1.29, 1.82) is 0 Å². The fraction of sp³-hybridized carbons (Fsp3) is 0.615. The van der Waals surface area contributed by atoms with Gasteiger partial charge in [0.25, 0.3) is 0 Å². The molecular weight excluding hydrogens is 264 g/mol. The van der Waals surface area contributed by atoms with E-state index < -0.39 is 15.5 Å². The third-order valence-electron chi connectivity index (χ3n) is 4.33. The van der Waals surface area contributed by atoms with Crippen LogP contribution in [0.2, 0.25) is 0 Å². The van der Waals surface area contributed by atoms with Gasteiger partial charge in [0.15, 0.2) is 0 Å². The number of hydrogen-bond donors (Lipinski definition) is 1. The second-order valence-corrected chi connectivity index (χ2v) is 7.25. The maximum Gasteiger partial charge on any atom is 0.248 e. The van der Waals surface area contributed by atoms with Gasteiger partial charge in [-0.05, 0) is 25.2 Å². The second kappa shape index (κ2) is 4.76. The summed E-state index contributed by atoms with van der Waals surface area (Å²) >= 11 is 0. The van der Waals surface area contributed by atoms with Crippen LogP contribution >= 0.6 is 0 Å². The first-order chi connectivity index (χ1) is 9.10. The molecule has 1 aliphatic carbocycles. The Bertz CT molecular complexity index is 623. The van der Waals surface area contributed by atoms with Crippen LogP contribution < -0.4 is 5.43 Å². The summed E-state index contributed by atoms with van der Waals surface area (Å²) in [6.45, 7) is 0.548. The van der Waals surface area contributed by atoms with Crippen LogP contribution in [0.5, 0.6) is 0 Å². The highest BCUT2D eigenvalue weighted by Gasteiger charge is 2.42. The average Bonchev–Trinajstić information content (AvgIpc) is 2.83. The maximum atomic E-state index is 12.6. The largest absolute Gasteiger partial charge is 0.366 e. The van der Waals surface area contributed by atoms with Crippen molar-refractivity contribution in [1.82, 2.24) is 9.29 Å². The van der Waals surface area contributed by atoms with Crippen LogP contribution in [-0.2, 0) is 10.0 Å². The zero-order valence-electron chi connectivity index (χ0n) is 10.7. The van der Waals surface area contributed by atoms with E-state index in [0.717, 1.165) is 25.7 Å². The van der Waals surface area contributed by atoms with Crippen molar-refractivity contribution in [3.8, 4) is 0 Å². The first-order valence-electron chi connectivity index (χ1n) is 6.79. The Hall–Kier alpha value is -1.14. The third kappa shape index (κ3) is 2.12. The van der Waals surface area contributed by atoms with Gasteiger partial charge in [-0.25, -0.2) is 8.42 Å². The Balaban J connectivity index is 1.97. The Kier molecular flexibility index (Phi) is 3.22. The molecule has 1 saturated heterocycles. The van der Waals surface area contributed by atoms with E-state index in [2.05, 4.69) is 4.98 Å². The predicted octanol–water partition coefficient (Wildman–Crippen LogP) is 1.33. The lowest BCUT2D eigenvalue weighted by Crippen LogP contribution is -2.40. The lowest BCUT2D eigenvalue weighted by Gasteiger charge is -2.30. The monoisotopic (exact) mass is 282 g/mol. The Morgan fingerprint density at radius 3 is 2.79 bits per heavy atom. The SMILES string of the molecule is O=c1cc[nH]cc1S(=O)(=O)N1CCC2CCCCC21. The predicted molar refractivity (Wildman–Crippen MR) is 71.3 cm³/mol. The molecule has 104 valence electrons. The molecule has 6 heteroatoms. The number of rotatable bonds is 2. The molecule has 2 heterocycles. The van der Waals surface area contributed by atoms with Gasteiger partial charge < -0.3 is 4.98 Å². The average molecular weight is 282 g/mol. The van der Waals surface area contributed by atoms with Crippen molar-refractivity contribution in [3.63, 3.8) is 0 Å². The van der Waals surface area contributed by atoms with Crippen LogP contribution in [0, 0.1) is 5.92 Å². The molecule has 1 saturated carbocycles. The zero-order chi connectivity index (χ0) is 13.5. The van der Waals surface area contributed by atoms with E-state index in [1.807, 2.05) is 0 Å². The summed E-state index contributed by atoms with van der Waals surface area (Å²) in [4.78, 5) is 14.3. The molecule has 1 aromatic rings. The van der Waals surface area contributed by atoms with Crippen molar-refractivity contribution in [2.45, 2.75) is 43.0 Å². The summed E-state index contributed by atoms with van der Waals surface area (Å²) in [7, 11) is -3.65. The number of H-pyrrole nitrogens is 1. The van der Waals surface area contributed by atoms with Crippen LogP contribution in [0.4, 0.5) is 0 Å². The van der Waals surface area contributed by atoms with E-state index in [9.17, 15) is 13.2 Å². The molecule has 1 aromatic heterocycles. The van der Waals surface area contributed by atoms with Gasteiger partial charge in [-0.15, -0.1) is 0 Å². The fourth-order valence-corrected chi connectivity index (χ4v) is 5.16. The van der Waals surface area contributed by atoms with E-state index >= 15 is 0 Å². The number of nitrogens with zero attached hydrogens (tertiary/aromatic N) is 1. The molecule has 2 unspecified atom stereocenters. The highest BCUT2D eigenvalue weighted by Crippen LogP contribution is 2.38. The number of hydrogen-bond acceptors (Lipinski definition) is 3. The number of aromatic nitrogens is 1. The molecule has 0 aromatic carbocycles. The first kappa shape index (κ1) is 12.9. The molecule has 1 N–H and O–H groups in total. The summed E-state index contributed by atoms with van der Waals surface area (Å²) in [6.07, 6.45) is 7.99. The van der Waals surface area contributed by atoms with E-state index in [0.29, 0.717) is 12.5 Å². The molecule has 3 rings (SSSR count). The van der Waals surface area contributed by atoms with E-state index in [-0.39, 0.29) is 10.9 Å². The quantitative estimate of drug-likeness (QED) is 0.889. The van der Waals surface area contributed by atoms with Crippen molar-refractivity contribution in [3.05, 3.63) is 28.7 Å². The fourth-order valence-electron chi connectivity index (χ4n) is 3.39. The van der Waals surface area contributed by atoms with Crippen LogP contribution in [0.15, 0.2) is 28.2 Å². The van der Waals surface area contributed by atoms with Gasteiger partial charge in [0.1, 0.15) is 4.90 Å². The number of sulfonamides is 1. The van der Waals surface area contributed by atoms with Gasteiger partial charge in [-0.2, -0.15) is 4.31 Å². The van der Waals surface area contributed by atoms with Crippen molar-refractivity contribution in [2.75, 3.05) is 6.54 Å². The minimum Gasteiger partial charge on any atom is -0.366 e. The van der Waals surface area contributed by atoms with Gasteiger partial charge >= 0.3 is 0 Å². The molecule has 19 heavy (non-hydrogen) atoms. The normalized spacial score (nSPS) is 28.2. The Labute approximate surface area is 112 Å². The van der Waals surface area contributed by atoms with Gasteiger partial charge in [0, 0.05) is 31.0 Å². The molecule has 5 nitrogen and oxygen atoms in total. The van der Waals surface area contributed by atoms with Crippen molar-refractivity contribution in [2.24, 2.45) is 5.92 Å². The summed E-state index contributed by atoms with van der Waals surface area (Å²) < 4.78 is 26.8. The van der Waals surface area contributed by atoms with Gasteiger partial charge in [0.2, 0.25) is 15.5 Å². The molecule has 2 fully saturated rings. The summed E-state index contributed by atoms with van der Waals surface area (Å²) in [5.41, 5.74) is -0.432. The number of fused-ring (bicyclic) bond motifs is 1. The molecule has 0 bridgehead atoms. The molecule has 1 aliphatic heterocycles. The Morgan fingerprint density at radius 1 is 1.21 bits per heavy atom. The summed E-state index contributed by atoms with van der Waals surface area (Å²) in [6, 6.07) is 1.36. The number of pyridine rings is 1. The van der Waals surface area contributed by atoms with Crippen LogP contribution in [0.25, 0.3) is 0 Å². The summed E-state index contributed by atoms with van der Waals surface area (Å²) in [5.74, 6) is 0.478. The van der Waals surface area contributed by atoms with Gasteiger partial charge in [0.05, 0.1) is 0 Å². The highest BCUT2D eigenvalue weighted by atomic mass is 32.2. The second-order valence-electron chi connectivity index (χ2n) is 5.39. The van der Waals surface area contributed by atoms with E-state index in [1.54, 1.807) is 4.31 Å². The maximum absolute atomic E-state index is 12.6. The smallest absolute Gasteiger partial charge is 0.248 e. The molecule has 2 atom stereocenters. The lowest BCUT2D eigenvalue weighted by molar-refractivity contribution is 0.260.